The van der Waals surface area contributed by atoms with E-state index in [1.165, 1.54) is 12.1 Å². The summed E-state index contributed by atoms with van der Waals surface area (Å²) in [5, 5.41) is 3.95. The maximum atomic E-state index is 13.4. The Labute approximate surface area is 158 Å². The van der Waals surface area contributed by atoms with Gasteiger partial charge in [-0.2, -0.15) is 0 Å². The van der Waals surface area contributed by atoms with Gasteiger partial charge >= 0.3 is 6.09 Å². The van der Waals surface area contributed by atoms with E-state index in [4.69, 9.17) is 4.74 Å². The minimum absolute atomic E-state index is 0.0186. The number of fused-ring (bicyclic) bond motifs is 1. The van der Waals surface area contributed by atoms with Crippen LogP contribution in [-0.2, 0) is 14.9 Å². The molecule has 1 aromatic carbocycles. The number of carbonyl (C=O) groups is 2. The van der Waals surface area contributed by atoms with Crippen LogP contribution in [0.4, 0.5) is 9.18 Å². The van der Waals surface area contributed by atoms with Gasteiger partial charge in [-0.15, -0.1) is 0 Å². The number of H-pyrrole nitrogens is 1. The van der Waals surface area contributed by atoms with Gasteiger partial charge in [-0.25, -0.2) is 9.18 Å². The Morgan fingerprint density at radius 2 is 2.04 bits per heavy atom. The van der Waals surface area contributed by atoms with Crippen LogP contribution in [0.2, 0.25) is 0 Å². The maximum Gasteiger partial charge on any atom is 0.409 e. The zero-order valence-electron chi connectivity index (χ0n) is 16.0. The molecule has 1 aliphatic rings. The number of hydrogen-bond acceptors (Lipinski definition) is 3. The van der Waals surface area contributed by atoms with E-state index in [9.17, 15) is 14.0 Å². The number of hydrogen-bond donors (Lipinski definition) is 2. The van der Waals surface area contributed by atoms with Gasteiger partial charge in [-0.3, -0.25) is 4.79 Å². The van der Waals surface area contributed by atoms with Crippen molar-refractivity contribution in [3.63, 3.8) is 0 Å². The van der Waals surface area contributed by atoms with Gasteiger partial charge in [0.15, 0.2) is 0 Å². The first-order chi connectivity index (χ1) is 12.8. The third kappa shape index (κ3) is 3.91. The molecule has 146 valence electrons. The molecule has 0 unspecified atom stereocenters. The van der Waals surface area contributed by atoms with Gasteiger partial charge in [0.25, 0.3) is 0 Å². The second-order valence-corrected chi connectivity index (χ2v) is 7.45. The second-order valence-electron chi connectivity index (χ2n) is 7.45. The predicted molar refractivity (Wildman–Crippen MR) is 101 cm³/mol. The lowest BCUT2D eigenvalue weighted by Gasteiger charge is -2.33. The molecular formula is C20H26FN3O3. The summed E-state index contributed by atoms with van der Waals surface area (Å²) in [5.41, 5.74) is 0.738. The summed E-state index contributed by atoms with van der Waals surface area (Å²) in [7, 11) is 0. The van der Waals surface area contributed by atoms with Gasteiger partial charge in [-0.05, 0) is 57.4 Å². The number of piperidine rings is 1. The van der Waals surface area contributed by atoms with Crippen LogP contribution in [-0.4, -0.2) is 47.6 Å². The van der Waals surface area contributed by atoms with E-state index in [-0.39, 0.29) is 23.9 Å². The van der Waals surface area contributed by atoms with Crippen LogP contribution in [0.1, 0.15) is 39.2 Å². The van der Waals surface area contributed by atoms with Gasteiger partial charge in [0.05, 0.1) is 12.0 Å². The number of nitrogens with one attached hydrogen (secondary N) is 2. The summed E-state index contributed by atoms with van der Waals surface area (Å²) in [6, 6.07) is 4.55. The molecule has 0 saturated carbocycles. The van der Waals surface area contributed by atoms with E-state index in [1.54, 1.807) is 24.1 Å². The molecule has 27 heavy (non-hydrogen) atoms. The van der Waals surface area contributed by atoms with E-state index in [1.807, 2.05) is 13.8 Å². The molecule has 6 nitrogen and oxygen atoms in total. The minimum atomic E-state index is -0.769. The van der Waals surface area contributed by atoms with E-state index >= 15 is 0 Å². The standard InChI is InChI=1S/C20H26FN3O3/c1-4-27-19(26)24-9-7-14(8-10-24)23-18(25)20(2,3)16-12-22-17-11-13(21)5-6-15(16)17/h5-6,11-12,14,22H,4,7-10H2,1-3H3,(H,23,25). The first-order valence-corrected chi connectivity index (χ1v) is 9.32. The maximum absolute atomic E-state index is 13.4. The highest BCUT2D eigenvalue weighted by Gasteiger charge is 2.34. The molecule has 2 heterocycles. The predicted octanol–water partition coefficient (Wildman–Crippen LogP) is 3.32. The molecule has 0 atom stereocenters. The molecule has 0 bridgehead atoms. The number of aromatic amines is 1. The molecule has 0 aliphatic carbocycles. The average molecular weight is 375 g/mol. The van der Waals surface area contributed by atoms with Crippen molar-refractivity contribution in [2.75, 3.05) is 19.7 Å². The zero-order chi connectivity index (χ0) is 19.6. The zero-order valence-corrected chi connectivity index (χ0v) is 16.0. The van der Waals surface area contributed by atoms with Crippen LogP contribution < -0.4 is 5.32 Å². The SMILES string of the molecule is CCOC(=O)N1CCC(NC(=O)C(C)(C)c2c[nH]c3cc(F)ccc23)CC1. The average Bonchev–Trinajstić information content (AvgIpc) is 3.06. The summed E-state index contributed by atoms with van der Waals surface area (Å²) < 4.78 is 18.4. The van der Waals surface area contributed by atoms with Crippen LogP contribution >= 0.6 is 0 Å². The Bertz CT molecular complexity index is 838. The third-order valence-corrected chi connectivity index (χ3v) is 5.24. The molecule has 1 saturated heterocycles. The number of benzene rings is 1. The van der Waals surface area contributed by atoms with E-state index in [0.29, 0.717) is 38.1 Å². The molecule has 2 aromatic rings. The smallest absolute Gasteiger partial charge is 0.409 e. The van der Waals surface area contributed by atoms with Crippen LogP contribution in [0.25, 0.3) is 10.9 Å². The lowest BCUT2D eigenvalue weighted by atomic mass is 9.83. The van der Waals surface area contributed by atoms with Crippen molar-refractivity contribution in [1.29, 1.82) is 0 Å². The molecule has 2 N–H and O–H groups in total. The Hall–Kier alpha value is -2.57. The van der Waals surface area contributed by atoms with Crippen molar-refractivity contribution < 1.29 is 18.7 Å². The van der Waals surface area contributed by atoms with Crippen LogP contribution in [0, 0.1) is 5.82 Å². The summed E-state index contributed by atoms with van der Waals surface area (Å²) >= 11 is 0. The molecule has 1 fully saturated rings. The molecular weight excluding hydrogens is 349 g/mol. The Morgan fingerprint density at radius 3 is 2.70 bits per heavy atom. The molecule has 0 radical (unpaired) electrons. The lowest BCUT2D eigenvalue weighted by molar-refractivity contribution is -0.126. The summed E-state index contributed by atoms with van der Waals surface area (Å²) in [6.07, 6.45) is 2.86. The fourth-order valence-electron chi connectivity index (χ4n) is 3.52. The molecule has 1 aromatic heterocycles. The number of ether oxygens (including phenoxy) is 1. The number of nitrogens with zero attached hydrogens (tertiary/aromatic N) is 1. The number of amides is 2. The van der Waals surface area contributed by atoms with Crippen molar-refractivity contribution in [3.8, 4) is 0 Å². The number of likely N-dealkylation sites (tertiary alicyclic amines) is 1. The van der Waals surface area contributed by atoms with Crippen molar-refractivity contribution in [2.24, 2.45) is 0 Å². The molecule has 0 spiro atoms. The number of halogens is 1. The van der Waals surface area contributed by atoms with E-state index in [0.717, 1.165) is 10.9 Å². The summed E-state index contributed by atoms with van der Waals surface area (Å²) in [6.45, 7) is 7.00. The van der Waals surface area contributed by atoms with Crippen LogP contribution in [0.3, 0.4) is 0 Å². The Morgan fingerprint density at radius 1 is 1.33 bits per heavy atom. The van der Waals surface area contributed by atoms with Crippen molar-refractivity contribution >= 4 is 22.9 Å². The number of rotatable bonds is 4. The molecule has 7 heteroatoms. The monoisotopic (exact) mass is 375 g/mol. The van der Waals surface area contributed by atoms with Gasteiger partial charge in [0.1, 0.15) is 5.82 Å². The highest BCUT2D eigenvalue weighted by molar-refractivity contribution is 5.94. The summed E-state index contributed by atoms with van der Waals surface area (Å²) in [5.74, 6) is -0.395. The van der Waals surface area contributed by atoms with Crippen LogP contribution in [0.5, 0.6) is 0 Å². The quantitative estimate of drug-likeness (QED) is 0.861. The van der Waals surface area contributed by atoms with Gasteiger partial charge < -0.3 is 19.9 Å². The molecule has 2 amide bonds. The molecule has 3 rings (SSSR count). The van der Waals surface area contributed by atoms with Crippen molar-refractivity contribution in [3.05, 3.63) is 35.8 Å². The fraction of sp³-hybridized carbons (Fsp3) is 0.500. The largest absolute Gasteiger partial charge is 0.450 e. The van der Waals surface area contributed by atoms with Crippen LogP contribution in [0.15, 0.2) is 24.4 Å². The normalized spacial score (nSPS) is 15.8. The van der Waals surface area contributed by atoms with Crippen molar-refractivity contribution in [1.82, 2.24) is 15.2 Å². The third-order valence-electron chi connectivity index (χ3n) is 5.24. The highest BCUT2D eigenvalue weighted by Crippen LogP contribution is 2.31. The van der Waals surface area contributed by atoms with E-state index in [2.05, 4.69) is 10.3 Å². The highest BCUT2D eigenvalue weighted by atomic mass is 19.1. The second kappa shape index (κ2) is 7.58. The number of aromatic nitrogens is 1. The topological polar surface area (TPSA) is 74.4 Å². The summed E-state index contributed by atoms with van der Waals surface area (Å²) in [4.78, 5) is 29.4. The van der Waals surface area contributed by atoms with Crippen molar-refractivity contribution in [2.45, 2.75) is 45.1 Å². The minimum Gasteiger partial charge on any atom is -0.450 e. The van der Waals surface area contributed by atoms with Gasteiger partial charge in [0, 0.05) is 36.2 Å². The lowest BCUT2D eigenvalue weighted by Crippen LogP contribution is -2.50. The molecule has 1 aliphatic heterocycles. The number of carbonyl (C=O) groups excluding carboxylic acids is 2. The first-order valence-electron chi connectivity index (χ1n) is 9.32. The Kier molecular flexibility index (Phi) is 5.39. The Balaban J connectivity index is 1.66. The van der Waals surface area contributed by atoms with E-state index < -0.39 is 5.41 Å². The van der Waals surface area contributed by atoms with Gasteiger partial charge in [0.2, 0.25) is 5.91 Å². The fourth-order valence-corrected chi connectivity index (χ4v) is 3.52. The first kappa shape index (κ1) is 19.2. The van der Waals surface area contributed by atoms with Gasteiger partial charge in [-0.1, -0.05) is 0 Å².